The van der Waals surface area contributed by atoms with Crippen LogP contribution in [0, 0.1) is 0 Å². The summed E-state index contributed by atoms with van der Waals surface area (Å²) in [5, 5.41) is 7.49. The quantitative estimate of drug-likeness (QED) is 0.124. The standard InChI is InChI=1S/C60H40N2/c1-60(46-19-6-3-7-20-46)53-25-13-12-23-50(53)58-51(24-14-26-54(58)60)56-38-55(42-29-27-40(28-30-42)39-15-4-2-5-16-39)61-59(62-56)44-33-31-43(32-34-44)57-48-22-11-9-18-45(48)37-52-47-21-10-8-17-41(47)35-36-49(52)57/h2-38H,1H3. The minimum atomic E-state index is -0.316. The van der Waals surface area contributed by atoms with Gasteiger partial charge in [0.05, 0.1) is 11.4 Å². The topological polar surface area (TPSA) is 25.8 Å². The first-order chi connectivity index (χ1) is 30.6. The van der Waals surface area contributed by atoms with E-state index in [2.05, 4.69) is 231 Å². The summed E-state index contributed by atoms with van der Waals surface area (Å²) in [6, 6.07) is 81.2. The molecule has 0 spiro atoms. The Kier molecular flexibility index (Phi) is 8.33. The van der Waals surface area contributed by atoms with Gasteiger partial charge in [-0.15, -0.1) is 0 Å². The summed E-state index contributed by atoms with van der Waals surface area (Å²) < 4.78 is 0. The number of rotatable bonds is 6. The van der Waals surface area contributed by atoms with Gasteiger partial charge in [0.15, 0.2) is 5.82 Å². The van der Waals surface area contributed by atoms with E-state index >= 15 is 0 Å². The van der Waals surface area contributed by atoms with E-state index in [0.29, 0.717) is 5.82 Å². The maximum absolute atomic E-state index is 5.46. The van der Waals surface area contributed by atoms with E-state index in [4.69, 9.17) is 9.97 Å². The fourth-order valence-electron chi connectivity index (χ4n) is 10.1. The lowest BCUT2D eigenvalue weighted by Gasteiger charge is -2.28. The molecular weight excluding hydrogens is 749 g/mol. The molecule has 0 saturated heterocycles. The van der Waals surface area contributed by atoms with E-state index in [1.165, 1.54) is 76.8 Å². The van der Waals surface area contributed by atoms with Crippen molar-refractivity contribution >= 4 is 32.3 Å². The van der Waals surface area contributed by atoms with E-state index in [1.54, 1.807) is 0 Å². The minimum Gasteiger partial charge on any atom is -0.228 e. The van der Waals surface area contributed by atoms with Gasteiger partial charge >= 0.3 is 0 Å². The van der Waals surface area contributed by atoms with Gasteiger partial charge < -0.3 is 0 Å². The summed E-state index contributed by atoms with van der Waals surface area (Å²) in [5.74, 6) is 0.694. The molecule has 1 heterocycles. The summed E-state index contributed by atoms with van der Waals surface area (Å²) >= 11 is 0. The highest BCUT2D eigenvalue weighted by atomic mass is 14.9. The number of benzene rings is 10. The molecule has 0 N–H and O–H groups in total. The smallest absolute Gasteiger partial charge is 0.160 e. The van der Waals surface area contributed by atoms with E-state index in [1.807, 2.05) is 0 Å². The van der Waals surface area contributed by atoms with E-state index in [9.17, 15) is 0 Å². The zero-order chi connectivity index (χ0) is 41.2. The Balaban J connectivity index is 1.04. The van der Waals surface area contributed by atoms with Crippen molar-refractivity contribution in [1.29, 1.82) is 0 Å². The number of nitrogens with zero attached hydrogens (tertiary/aromatic N) is 2. The molecule has 0 bridgehead atoms. The highest BCUT2D eigenvalue weighted by Gasteiger charge is 2.41. The molecule has 10 aromatic carbocycles. The molecule has 1 unspecified atom stereocenters. The van der Waals surface area contributed by atoms with Gasteiger partial charge in [-0.25, -0.2) is 9.97 Å². The lowest BCUT2D eigenvalue weighted by molar-refractivity contribution is 0.714. The molecule has 1 atom stereocenters. The van der Waals surface area contributed by atoms with Gasteiger partial charge in [-0.1, -0.05) is 212 Å². The van der Waals surface area contributed by atoms with Crippen LogP contribution in [0.3, 0.4) is 0 Å². The zero-order valence-corrected chi connectivity index (χ0v) is 34.3. The number of fused-ring (bicyclic) bond motifs is 7. The third kappa shape index (κ3) is 5.72. The SMILES string of the molecule is CC1(c2ccccc2)c2ccccc2-c2c(-c3cc(-c4ccc(-c5ccccc5)cc4)nc(-c4ccc(-c5c6ccccc6cc6c5ccc5ccccc56)cc4)n3)cccc21. The lowest BCUT2D eigenvalue weighted by Crippen LogP contribution is -2.22. The Labute approximate surface area is 361 Å². The summed E-state index contributed by atoms with van der Waals surface area (Å²) in [7, 11) is 0. The predicted octanol–water partition coefficient (Wildman–Crippen LogP) is 15.6. The second kappa shape index (κ2) is 14.4. The van der Waals surface area contributed by atoms with E-state index in [0.717, 1.165) is 33.6 Å². The summed E-state index contributed by atoms with van der Waals surface area (Å²) in [5.41, 5.74) is 15.7. The molecule has 12 rings (SSSR count). The van der Waals surface area contributed by atoms with Gasteiger partial charge in [-0.3, -0.25) is 0 Å². The van der Waals surface area contributed by atoms with Crippen molar-refractivity contribution in [2.24, 2.45) is 0 Å². The molecule has 2 heteroatoms. The first-order valence-electron chi connectivity index (χ1n) is 21.4. The van der Waals surface area contributed by atoms with Crippen molar-refractivity contribution in [3.63, 3.8) is 0 Å². The molecule has 1 aromatic heterocycles. The second-order valence-electron chi connectivity index (χ2n) is 16.6. The molecule has 0 saturated carbocycles. The van der Waals surface area contributed by atoms with Crippen molar-refractivity contribution in [3.8, 4) is 67.3 Å². The first-order valence-corrected chi connectivity index (χ1v) is 21.4. The normalized spacial score (nSPS) is 14.3. The molecule has 62 heavy (non-hydrogen) atoms. The fourth-order valence-corrected chi connectivity index (χ4v) is 10.1. The lowest BCUT2D eigenvalue weighted by atomic mass is 9.74. The summed E-state index contributed by atoms with van der Waals surface area (Å²) in [4.78, 5) is 10.8. The third-order valence-corrected chi connectivity index (χ3v) is 13.2. The van der Waals surface area contributed by atoms with Gasteiger partial charge in [0.1, 0.15) is 0 Å². The second-order valence-corrected chi connectivity index (χ2v) is 16.6. The van der Waals surface area contributed by atoms with Crippen molar-refractivity contribution in [3.05, 3.63) is 241 Å². The number of hydrogen-bond donors (Lipinski definition) is 0. The van der Waals surface area contributed by atoms with E-state index in [-0.39, 0.29) is 5.41 Å². The first kappa shape index (κ1) is 36.0. The van der Waals surface area contributed by atoms with Gasteiger partial charge in [0.25, 0.3) is 0 Å². The number of aromatic nitrogens is 2. The average Bonchev–Trinajstić information content (AvgIpc) is 3.62. The monoisotopic (exact) mass is 788 g/mol. The van der Waals surface area contributed by atoms with Gasteiger partial charge in [-0.05, 0) is 101 Å². The van der Waals surface area contributed by atoms with Crippen molar-refractivity contribution in [1.82, 2.24) is 9.97 Å². The Hall–Kier alpha value is -7.94. The minimum absolute atomic E-state index is 0.316. The maximum atomic E-state index is 5.46. The average molecular weight is 789 g/mol. The van der Waals surface area contributed by atoms with Gasteiger partial charge in [-0.2, -0.15) is 0 Å². The van der Waals surface area contributed by atoms with Crippen LogP contribution in [0.5, 0.6) is 0 Å². The Morgan fingerprint density at radius 1 is 0.323 bits per heavy atom. The highest BCUT2D eigenvalue weighted by molar-refractivity contribution is 6.20. The van der Waals surface area contributed by atoms with Gasteiger partial charge in [0.2, 0.25) is 0 Å². The van der Waals surface area contributed by atoms with Crippen molar-refractivity contribution in [2.75, 3.05) is 0 Å². The fraction of sp³-hybridized carbons (Fsp3) is 0.0333. The van der Waals surface area contributed by atoms with Crippen molar-refractivity contribution in [2.45, 2.75) is 12.3 Å². The van der Waals surface area contributed by atoms with Crippen molar-refractivity contribution < 1.29 is 0 Å². The summed E-state index contributed by atoms with van der Waals surface area (Å²) in [6.45, 7) is 2.37. The van der Waals surface area contributed by atoms with E-state index < -0.39 is 0 Å². The maximum Gasteiger partial charge on any atom is 0.160 e. The van der Waals surface area contributed by atoms with Gasteiger partial charge in [0, 0.05) is 22.1 Å². The van der Waals surface area contributed by atoms with Crippen LogP contribution < -0.4 is 0 Å². The zero-order valence-electron chi connectivity index (χ0n) is 34.3. The van der Waals surface area contributed by atoms with Crippen LogP contribution in [0.2, 0.25) is 0 Å². The molecule has 0 amide bonds. The largest absolute Gasteiger partial charge is 0.228 e. The molecule has 0 aliphatic heterocycles. The third-order valence-electron chi connectivity index (χ3n) is 13.2. The van der Waals surface area contributed by atoms with Crippen LogP contribution >= 0.6 is 0 Å². The summed E-state index contributed by atoms with van der Waals surface area (Å²) in [6.07, 6.45) is 0. The molecule has 1 aliphatic rings. The van der Waals surface area contributed by atoms with Crippen LogP contribution in [-0.2, 0) is 5.41 Å². The van der Waals surface area contributed by atoms with Crippen LogP contribution in [-0.4, -0.2) is 9.97 Å². The molecule has 0 radical (unpaired) electrons. The highest BCUT2D eigenvalue weighted by Crippen LogP contribution is 2.55. The number of hydrogen-bond acceptors (Lipinski definition) is 2. The Bertz CT molecular complexity index is 3500. The molecular formula is C60H40N2. The molecule has 1 aliphatic carbocycles. The molecule has 0 fully saturated rings. The van der Waals surface area contributed by atoms with Crippen LogP contribution in [0.15, 0.2) is 224 Å². The molecule has 11 aromatic rings. The Morgan fingerprint density at radius 3 is 1.71 bits per heavy atom. The molecule has 2 nitrogen and oxygen atoms in total. The Morgan fingerprint density at radius 2 is 0.903 bits per heavy atom. The van der Waals surface area contributed by atoms with Crippen LogP contribution in [0.1, 0.15) is 23.6 Å². The van der Waals surface area contributed by atoms with Crippen LogP contribution in [0.4, 0.5) is 0 Å². The predicted molar refractivity (Wildman–Crippen MR) is 259 cm³/mol. The van der Waals surface area contributed by atoms with Crippen LogP contribution in [0.25, 0.3) is 99.6 Å². The molecule has 290 valence electrons.